The third-order valence-electron chi connectivity index (χ3n) is 4.61. The Bertz CT molecular complexity index is 710. The topological polar surface area (TPSA) is 32.3 Å². The van der Waals surface area contributed by atoms with E-state index in [2.05, 4.69) is 27.8 Å². The second-order valence-electron chi connectivity index (χ2n) is 6.70. The smallest absolute Gasteiger partial charge is 0.251 e. The molecule has 26 heavy (non-hydrogen) atoms. The fourth-order valence-electron chi connectivity index (χ4n) is 3.11. The lowest BCUT2D eigenvalue weighted by Crippen LogP contribution is -2.48. The van der Waals surface area contributed by atoms with Gasteiger partial charge in [0.2, 0.25) is 0 Å². The van der Waals surface area contributed by atoms with E-state index in [1.54, 1.807) is 17.8 Å². The number of carbonyl (C=O) groups is 1. The molecule has 1 N–H and O–H groups in total. The van der Waals surface area contributed by atoms with Crippen LogP contribution in [-0.4, -0.2) is 48.4 Å². The lowest BCUT2D eigenvalue weighted by molar-refractivity contribution is 0.0579. The molecule has 1 aromatic rings. The molecule has 0 aliphatic carbocycles. The van der Waals surface area contributed by atoms with Crippen LogP contribution in [0.15, 0.2) is 41.3 Å². The van der Waals surface area contributed by atoms with E-state index in [4.69, 9.17) is 23.2 Å². The number of hydrogen-bond donors (Lipinski definition) is 1. The van der Waals surface area contributed by atoms with Crippen LogP contribution in [0.2, 0.25) is 10.0 Å². The van der Waals surface area contributed by atoms with Gasteiger partial charge in [-0.1, -0.05) is 35.4 Å². The summed E-state index contributed by atoms with van der Waals surface area (Å²) in [4.78, 5) is 14.5. The highest BCUT2D eigenvalue weighted by molar-refractivity contribution is 8.02. The van der Waals surface area contributed by atoms with Crippen molar-refractivity contribution in [2.75, 3.05) is 31.9 Å². The first-order valence-electron chi connectivity index (χ1n) is 8.56. The van der Waals surface area contributed by atoms with Crippen LogP contribution in [0, 0.1) is 0 Å². The highest BCUT2D eigenvalue weighted by atomic mass is 35.5. The number of likely N-dealkylation sites (tertiary alicyclic amines) is 1. The average molecular weight is 415 g/mol. The van der Waals surface area contributed by atoms with Crippen LogP contribution in [0.3, 0.4) is 0 Å². The second kappa shape index (κ2) is 8.79. The molecule has 3 rings (SSSR count). The summed E-state index contributed by atoms with van der Waals surface area (Å²) in [6.07, 6.45) is 5.12. The van der Waals surface area contributed by atoms with Gasteiger partial charge in [0.25, 0.3) is 5.91 Å². The zero-order valence-corrected chi connectivity index (χ0v) is 16.6. The summed E-state index contributed by atoms with van der Waals surface area (Å²) in [7, 11) is 0. The van der Waals surface area contributed by atoms with Crippen LogP contribution in [0.1, 0.15) is 23.2 Å². The van der Waals surface area contributed by atoms with Crippen molar-refractivity contribution in [3.05, 3.63) is 56.9 Å². The zero-order chi connectivity index (χ0) is 18.6. The number of benzene rings is 1. The molecule has 0 unspecified atom stereocenters. The lowest BCUT2D eigenvalue weighted by Gasteiger charge is -2.36. The SMILES string of the molecule is O=C(NCC1(F)CCN(CC2=CSCC=C2)CC1)c1cc(Cl)cc(Cl)c1. The molecule has 0 saturated carbocycles. The number of hydrogen-bond acceptors (Lipinski definition) is 3. The monoisotopic (exact) mass is 414 g/mol. The summed E-state index contributed by atoms with van der Waals surface area (Å²) in [6, 6.07) is 4.61. The van der Waals surface area contributed by atoms with Crippen LogP contribution in [0.25, 0.3) is 0 Å². The number of piperidine rings is 1. The molecule has 2 aliphatic heterocycles. The summed E-state index contributed by atoms with van der Waals surface area (Å²) < 4.78 is 15.0. The summed E-state index contributed by atoms with van der Waals surface area (Å²) in [6.45, 7) is 2.23. The highest BCUT2D eigenvalue weighted by Gasteiger charge is 2.35. The van der Waals surface area contributed by atoms with E-state index in [9.17, 15) is 4.79 Å². The molecule has 0 bridgehead atoms. The Hall–Kier alpha value is -1.01. The Labute approximate surface area is 167 Å². The lowest BCUT2D eigenvalue weighted by atomic mass is 9.93. The van der Waals surface area contributed by atoms with Gasteiger partial charge in [0.05, 0.1) is 6.54 Å². The van der Waals surface area contributed by atoms with Gasteiger partial charge in [-0.2, -0.15) is 0 Å². The summed E-state index contributed by atoms with van der Waals surface area (Å²) in [5.41, 5.74) is 0.246. The number of nitrogens with one attached hydrogen (secondary N) is 1. The van der Waals surface area contributed by atoms with E-state index < -0.39 is 5.67 Å². The molecule has 1 aromatic carbocycles. The van der Waals surface area contributed by atoms with Gasteiger partial charge in [-0.25, -0.2) is 4.39 Å². The summed E-state index contributed by atoms with van der Waals surface area (Å²) >= 11 is 13.6. The standard InChI is InChI=1S/C19H21Cl2FN2OS/c20-16-8-15(9-17(21)10-16)18(25)23-13-19(22)3-5-24(6-4-19)11-14-2-1-7-26-12-14/h1-2,8-10,12H,3-7,11,13H2,(H,23,25). The van der Waals surface area contributed by atoms with Crippen molar-refractivity contribution >= 4 is 40.9 Å². The molecule has 0 atom stereocenters. The van der Waals surface area contributed by atoms with Crippen LogP contribution in [0.4, 0.5) is 4.39 Å². The maximum atomic E-state index is 15.0. The molecular weight excluding hydrogens is 394 g/mol. The first-order chi connectivity index (χ1) is 12.4. The normalized spacial score (nSPS) is 19.9. The van der Waals surface area contributed by atoms with E-state index in [0.29, 0.717) is 41.5 Å². The predicted octanol–water partition coefficient (Wildman–Crippen LogP) is 4.71. The largest absolute Gasteiger partial charge is 0.349 e. The number of thioether (sulfide) groups is 1. The molecule has 0 aromatic heterocycles. The molecule has 1 amide bonds. The Morgan fingerprint density at radius 3 is 2.54 bits per heavy atom. The zero-order valence-electron chi connectivity index (χ0n) is 14.3. The Morgan fingerprint density at radius 2 is 1.92 bits per heavy atom. The number of rotatable bonds is 5. The van der Waals surface area contributed by atoms with Gasteiger partial charge in [0, 0.05) is 41.0 Å². The first kappa shape index (κ1) is 19.7. The molecule has 7 heteroatoms. The molecule has 1 saturated heterocycles. The van der Waals surface area contributed by atoms with E-state index in [1.165, 1.54) is 17.7 Å². The second-order valence-corrected chi connectivity index (χ2v) is 8.47. The minimum Gasteiger partial charge on any atom is -0.349 e. The van der Waals surface area contributed by atoms with Crippen molar-refractivity contribution in [1.29, 1.82) is 0 Å². The molecule has 140 valence electrons. The summed E-state index contributed by atoms with van der Waals surface area (Å²) in [5.74, 6) is 0.664. The van der Waals surface area contributed by atoms with E-state index in [-0.39, 0.29) is 12.5 Å². The average Bonchev–Trinajstić information content (AvgIpc) is 2.62. The number of nitrogens with zero attached hydrogens (tertiary/aromatic N) is 1. The van der Waals surface area contributed by atoms with Crippen molar-refractivity contribution in [1.82, 2.24) is 10.2 Å². The van der Waals surface area contributed by atoms with Crippen molar-refractivity contribution in [3.8, 4) is 0 Å². The maximum absolute atomic E-state index is 15.0. The van der Waals surface area contributed by atoms with Crippen LogP contribution < -0.4 is 5.32 Å². The van der Waals surface area contributed by atoms with Crippen molar-refractivity contribution in [3.63, 3.8) is 0 Å². The van der Waals surface area contributed by atoms with Crippen LogP contribution >= 0.6 is 35.0 Å². The molecule has 0 radical (unpaired) electrons. The highest BCUT2D eigenvalue weighted by Crippen LogP contribution is 2.27. The van der Waals surface area contributed by atoms with Crippen molar-refractivity contribution < 1.29 is 9.18 Å². The third kappa shape index (κ3) is 5.49. The van der Waals surface area contributed by atoms with E-state index >= 15 is 4.39 Å². The molecular formula is C19H21Cl2FN2OS. The number of carbonyl (C=O) groups excluding carboxylic acids is 1. The Kier molecular flexibility index (Phi) is 6.67. The van der Waals surface area contributed by atoms with Gasteiger partial charge >= 0.3 is 0 Å². The van der Waals surface area contributed by atoms with E-state index in [0.717, 1.165) is 12.3 Å². The van der Waals surface area contributed by atoms with Gasteiger partial charge in [-0.15, -0.1) is 11.8 Å². The van der Waals surface area contributed by atoms with Gasteiger partial charge in [-0.3, -0.25) is 9.69 Å². The number of halogens is 3. The molecule has 2 heterocycles. The van der Waals surface area contributed by atoms with Gasteiger partial charge < -0.3 is 5.32 Å². The molecule has 3 nitrogen and oxygen atoms in total. The van der Waals surface area contributed by atoms with Crippen molar-refractivity contribution in [2.24, 2.45) is 0 Å². The van der Waals surface area contributed by atoms with E-state index in [1.807, 2.05) is 0 Å². The minimum absolute atomic E-state index is 0.00224. The fourth-order valence-corrected chi connectivity index (χ4v) is 4.31. The number of amides is 1. The fraction of sp³-hybridized carbons (Fsp3) is 0.421. The molecule has 2 aliphatic rings. The quantitative estimate of drug-likeness (QED) is 0.756. The first-order valence-corrected chi connectivity index (χ1v) is 10.4. The third-order valence-corrected chi connectivity index (χ3v) is 5.90. The van der Waals surface area contributed by atoms with Crippen molar-refractivity contribution in [2.45, 2.75) is 18.5 Å². The molecule has 1 fully saturated rings. The minimum atomic E-state index is -1.37. The van der Waals surface area contributed by atoms with Crippen LogP contribution in [-0.2, 0) is 0 Å². The maximum Gasteiger partial charge on any atom is 0.251 e. The van der Waals surface area contributed by atoms with Crippen LogP contribution in [0.5, 0.6) is 0 Å². The van der Waals surface area contributed by atoms with Gasteiger partial charge in [-0.05, 0) is 42.0 Å². The van der Waals surface area contributed by atoms with Gasteiger partial charge in [0.1, 0.15) is 5.67 Å². The van der Waals surface area contributed by atoms with Gasteiger partial charge in [0.15, 0.2) is 0 Å². The Morgan fingerprint density at radius 1 is 1.23 bits per heavy atom. The summed E-state index contributed by atoms with van der Waals surface area (Å²) in [5, 5.41) is 5.63. The Balaban J connectivity index is 1.48. The predicted molar refractivity (Wildman–Crippen MR) is 108 cm³/mol. The number of alkyl halides is 1. The molecule has 0 spiro atoms.